The van der Waals surface area contributed by atoms with E-state index < -0.39 is 0 Å². The predicted molar refractivity (Wildman–Crippen MR) is 124 cm³/mol. The Balaban J connectivity index is 1.48. The van der Waals surface area contributed by atoms with Crippen LogP contribution in [0, 0.1) is 0 Å². The van der Waals surface area contributed by atoms with Crippen molar-refractivity contribution >= 4 is 5.82 Å². The largest absolute Gasteiger partial charge is 0.506 e. The van der Waals surface area contributed by atoms with Crippen LogP contribution in [0.3, 0.4) is 0 Å². The van der Waals surface area contributed by atoms with Gasteiger partial charge in [0.1, 0.15) is 17.4 Å². The van der Waals surface area contributed by atoms with Crippen molar-refractivity contribution in [2.45, 2.75) is 6.42 Å². The normalized spacial score (nSPS) is 13.9. The van der Waals surface area contributed by atoms with Crippen molar-refractivity contribution in [3.05, 3.63) is 66.6 Å². The Hall–Kier alpha value is -3.85. The minimum absolute atomic E-state index is 0.166. The molecule has 170 valence electrons. The van der Waals surface area contributed by atoms with Crippen LogP contribution in [0.1, 0.15) is 5.56 Å². The number of ether oxygens (including phenoxy) is 2. The maximum Gasteiger partial charge on any atom is 0.320 e. The monoisotopic (exact) mass is 446 g/mol. The number of rotatable bonds is 7. The minimum Gasteiger partial charge on any atom is -0.506 e. The molecule has 4 heterocycles. The van der Waals surface area contributed by atoms with E-state index in [0.717, 1.165) is 35.7 Å². The average molecular weight is 447 g/mol. The van der Waals surface area contributed by atoms with Crippen LogP contribution in [0.5, 0.6) is 11.8 Å². The van der Waals surface area contributed by atoms with Crippen LogP contribution < -0.4 is 9.64 Å². The Kier molecular flexibility index (Phi) is 5.95. The third kappa shape index (κ3) is 4.83. The summed E-state index contributed by atoms with van der Waals surface area (Å²) in [6.07, 6.45) is 6.16. The molecule has 0 spiro atoms. The van der Waals surface area contributed by atoms with E-state index in [4.69, 9.17) is 9.47 Å². The van der Waals surface area contributed by atoms with Gasteiger partial charge in [-0.1, -0.05) is 30.3 Å². The summed E-state index contributed by atoms with van der Waals surface area (Å²) in [5.41, 5.74) is 2.90. The fraction of sp³-hybridized carbons (Fsp3) is 0.292. The molecular weight excluding hydrogens is 420 g/mol. The van der Waals surface area contributed by atoms with Crippen LogP contribution in [-0.2, 0) is 18.2 Å². The predicted octanol–water partition coefficient (Wildman–Crippen LogP) is 2.83. The first-order valence-corrected chi connectivity index (χ1v) is 10.9. The minimum atomic E-state index is 0.166. The molecular formula is C24H26N6O3. The fourth-order valence-electron chi connectivity index (χ4n) is 3.87. The summed E-state index contributed by atoms with van der Waals surface area (Å²) in [7, 11) is 1.89. The van der Waals surface area contributed by atoms with Gasteiger partial charge in [0.25, 0.3) is 0 Å². The van der Waals surface area contributed by atoms with Gasteiger partial charge in [-0.2, -0.15) is 15.1 Å². The molecule has 0 aliphatic carbocycles. The number of aryl methyl sites for hydroxylation is 1. The number of benzene rings is 1. The molecule has 1 aliphatic rings. The van der Waals surface area contributed by atoms with Gasteiger partial charge in [0.05, 0.1) is 37.9 Å². The number of aromatic hydroxyl groups is 1. The van der Waals surface area contributed by atoms with Gasteiger partial charge in [-0.05, 0) is 11.1 Å². The van der Waals surface area contributed by atoms with E-state index in [-0.39, 0.29) is 5.75 Å². The van der Waals surface area contributed by atoms with Gasteiger partial charge >= 0.3 is 6.01 Å². The summed E-state index contributed by atoms with van der Waals surface area (Å²) >= 11 is 0. The lowest BCUT2D eigenvalue weighted by atomic mass is 10.1. The van der Waals surface area contributed by atoms with E-state index in [9.17, 15) is 5.11 Å². The Labute approximate surface area is 191 Å². The number of aromatic nitrogens is 5. The number of nitrogens with zero attached hydrogens (tertiary/aromatic N) is 6. The first-order chi connectivity index (χ1) is 16.2. The quantitative estimate of drug-likeness (QED) is 0.467. The van der Waals surface area contributed by atoms with Gasteiger partial charge in [-0.15, -0.1) is 0 Å². The van der Waals surface area contributed by atoms with Gasteiger partial charge < -0.3 is 19.5 Å². The molecule has 0 bridgehead atoms. The molecule has 1 N–H and O–H groups in total. The third-order valence-corrected chi connectivity index (χ3v) is 5.52. The molecule has 3 aromatic heterocycles. The van der Waals surface area contributed by atoms with E-state index in [0.29, 0.717) is 38.1 Å². The van der Waals surface area contributed by atoms with Crippen molar-refractivity contribution in [1.82, 2.24) is 24.3 Å². The molecule has 9 nitrogen and oxygen atoms in total. The molecule has 4 aromatic rings. The lowest BCUT2D eigenvalue weighted by Gasteiger charge is -2.28. The van der Waals surface area contributed by atoms with Gasteiger partial charge in [0.2, 0.25) is 0 Å². The molecule has 0 atom stereocenters. The Morgan fingerprint density at radius 2 is 1.82 bits per heavy atom. The van der Waals surface area contributed by atoms with Crippen LogP contribution in [0.15, 0.2) is 61.1 Å². The van der Waals surface area contributed by atoms with Crippen molar-refractivity contribution in [3.8, 4) is 28.8 Å². The number of hydrogen-bond donors (Lipinski definition) is 1. The molecule has 33 heavy (non-hydrogen) atoms. The van der Waals surface area contributed by atoms with E-state index in [1.165, 1.54) is 0 Å². The van der Waals surface area contributed by atoms with E-state index in [2.05, 4.69) is 20.0 Å². The highest BCUT2D eigenvalue weighted by Crippen LogP contribution is 2.30. The van der Waals surface area contributed by atoms with Crippen molar-refractivity contribution in [2.24, 2.45) is 7.05 Å². The molecule has 1 aliphatic heterocycles. The maximum atomic E-state index is 10.3. The zero-order valence-electron chi connectivity index (χ0n) is 18.5. The summed E-state index contributed by atoms with van der Waals surface area (Å²) in [6.45, 7) is 3.22. The third-order valence-electron chi connectivity index (χ3n) is 5.52. The number of hydrogen-bond acceptors (Lipinski definition) is 7. The van der Waals surface area contributed by atoms with E-state index in [1.54, 1.807) is 16.9 Å². The first-order valence-electron chi connectivity index (χ1n) is 10.9. The lowest BCUT2D eigenvalue weighted by molar-refractivity contribution is 0.122. The van der Waals surface area contributed by atoms with Gasteiger partial charge in [-0.3, -0.25) is 9.25 Å². The van der Waals surface area contributed by atoms with E-state index >= 15 is 0 Å². The van der Waals surface area contributed by atoms with Crippen LogP contribution in [0.4, 0.5) is 5.82 Å². The fourth-order valence-corrected chi connectivity index (χ4v) is 3.87. The highest BCUT2D eigenvalue weighted by molar-refractivity contribution is 5.65. The summed E-state index contributed by atoms with van der Waals surface area (Å²) < 4.78 is 15.1. The van der Waals surface area contributed by atoms with Gasteiger partial charge in [0, 0.05) is 44.9 Å². The summed E-state index contributed by atoms with van der Waals surface area (Å²) in [5, 5.41) is 14.5. The summed E-state index contributed by atoms with van der Waals surface area (Å²) in [4.78, 5) is 11.5. The van der Waals surface area contributed by atoms with Gasteiger partial charge in [0.15, 0.2) is 0 Å². The summed E-state index contributed by atoms with van der Waals surface area (Å²) in [5.74, 6) is 1.56. The zero-order chi connectivity index (χ0) is 22.6. The summed E-state index contributed by atoms with van der Waals surface area (Å²) in [6, 6.07) is 13.9. The van der Waals surface area contributed by atoms with Crippen LogP contribution in [-0.4, -0.2) is 62.3 Å². The molecule has 0 radical (unpaired) electrons. The maximum absolute atomic E-state index is 10.3. The molecule has 0 saturated carbocycles. The van der Waals surface area contributed by atoms with Crippen molar-refractivity contribution in [3.63, 3.8) is 0 Å². The van der Waals surface area contributed by atoms with Crippen molar-refractivity contribution in [2.75, 3.05) is 37.8 Å². The molecule has 5 rings (SSSR count). The molecule has 1 aromatic carbocycles. The molecule has 0 unspecified atom stereocenters. The standard InChI is InChI=1S/C24H26N6O3/c1-28-16-18(15-25-28)7-10-33-24-26-22(29-8-11-32-12-9-29)14-23(27-24)30-17-20(31)13-21(30)19-5-3-2-4-6-19/h2-6,13-17,31H,7-12H2,1H3. The van der Waals surface area contributed by atoms with E-state index in [1.807, 2.05) is 60.4 Å². The second kappa shape index (κ2) is 9.33. The molecule has 1 fully saturated rings. The Morgan fingerprint density at radius 3 is 2.58 bits per heavy atom. The lowest BCUT2D eigenvalue weighted by Crippen LogP contribution is -2.37. The highest BCUT2D eigenvalue weighted by atomic mass is 16.5. The van der Waals surface area contributed by atoms with Crippen LogP contribution in [0.2, 0.25) is 0 Å². The number of anilines is 1. The second-order valence-corrected chi connectivity index (χ2v) is 7.91. The molecule has 1 saturated heterocycles. The first kappa shape index (κ1) is 21.0. The smallest absolute Gasteiger partial charge is 0.320 e. The van der Waals surface area contributed by atoms with Gasteiger partial charge in [-0.25, -0.2) is 0 Å². The molecule has 0 amide bonds. The van der Waals surface area contributed by atoms with Crippen molar-refractivity contribution < 1.29 is 14.6 Å². The second-order valence-electron chi connectivity index (χ2n) is 7.91. The average Bonchev–Trinajstić information content (AvgIpc) is 3.45. The highest BCUT2D eigenvalue weighted by Gasteiger charge is 2.18. The zero-order valence-corrected chi connectivity index (χ0v) is 18.5. The van der Waals surface area contributed by atoms with Crippen molar-refractivity contribution in [1.29, 1.82) is 0 Å². The number of morpholine rings is 1. The topological polar surface area (TPSA) is 90.5 Å². The molecule has 9 heteroatoms. The SMILES string of the molecule is Cn1cc(CCOc2nc(N3CCOCC3)cc(-n3cc(O)cc3-c3ccccc3)n2)cn1. The van der Waals surface area contributed by atoms with Crippen LogP contribution in [0.25, 0.3) is 17.1 Å². The Morgan fingerprint density at radius 1 is 1.03 bits per heavy atom. The Bertz CT molecular complexity index is 1210. The van der Waals surface area contributed by atoms with Crippen LogP contribution >= 0.6 is 0 Å².